The number of hydrogen-bond donors (Lipinski definition) is 2. The maximum absolute atomic E-state index is 13.3. The Bertz CT molecular complexity index is 1010. The van der Waals surface area contributed by atoms with Crippen LogP contribution in [0.2, 0.25) is 0 Å². The average Bonchev–Trinajstić information content (AvgIpc) is 3.47. The van der Waals surface area contributed by atoms with E-state index in [0.29, 0.717) is 30.1 Å². The van der Waals surface area contributed by atoms with Crippen LogP contribution in [-0.2, 0) is 16.4 Å². The van der Waals surface area contributed by atoms with Crippen molar-refractivity contribution in [3.05, 3.63) is 59.7 Å². The third-order valence-electron chi connectivity index (χ3n) is 5.52. The number of nitrogens with one attached hydrogen (secondary N) is 1. The Hall–Kier alpha value is -2.09. The zero-order valence-electron chi connectivity index (χ0n) is 16.2. The van der Waals surface area contributed by atoms with Crippen LogP contribution in [0.1, 0.15) is 35.7 Å². The van der Waals surface area contributed by atoms with Crippen LogP contribution in [0.15, 0.2) is 53.4 Å². The van der Waals surface area contributed by atoms with E-state index in [4.69, 9.17) is 5.73 Å². The van der Waals surface area contributed by atoms with E-state index in [1.54, 1.807) is 12.1 Å². The van der Waals surface area contributed by atoms with Crippen LogP contribution in [0, 0.1) is 5.92 Å². The van der Waals surface area contributed by atoms with Gasteiger partial charge in [0.2, 0.25) is 0 Å². The van der Waals surface area contributed by atoms with E-state index >= 15 is 0 Å². The molecule has 2 aromatic rings. The normalized spacial score (nSPS) is 19.2. The molecule has 0 spiro atoms. The molecule has 2 atom stereocenters. The van der Waals surface area contributed by atoms with Crippen LogP contribution in [0.5, 0.6) is 0 Å². The minimum Gasteiger partial charge on any atom is -0.350 e. The Morgan fingerprint density at radius 3 is 2.66 bits per heavy atom. The fraction of sp³-hybridized carbons (Fsp3) is 0.381. The number of amides is 1. The summed E-state index contributed by atoms with van der Waals surface area (Å²) in [6, 6.07) is 13.5. The Morgan fingerprint density at radius 1 is 1.21 bits per heavy atom. The molecule has 2 aliphatic rings. The van der Waals surface area contributed by atoms with Gasteiger partial charge in [-0.2, -0.15) is 0 Å². The number of halogens is 1. The van der Waals surface area contributed by atoms with E-state index in [1.165, 1.54) is 16.4 Å². The standard InChI is InChI=1S/C21H25N3O3S.ClH/c1-14-11-16-5-2-3-8-20(16)24(14)28(26,27)18-7-4-6-17(12-18)21(25)23-13-19(22)15-9-10-15;/h2-8,12,14-15,19H,9-11,13,22H2,1H3,(H,23,25);1H. The first kappa shape index (κ1) is 21.6. The quantitative estimate of drug-likeness (QED) is 0.729. The molecule has 4 rings (SSSR count). The largest absolute Gasteiger partial charge is 0.350 e. The lowest BCUT2D eigenvalue weighted by Gasteiger charge is -2.24. The Balaban J connectivity index is 0.00000240. The molecule has 0 bridgehead atoms. The lowest BCUT2D eigenvalue weighted by Crippen LogP contribution is -2.38. The molecular weight excluding hydrogens is 410 g/mol. The molecule has 156 valence electrons. The number of sulfonamides is 1. The zero-order valence-corrected chi connectivity index (χ0v) is 17.9. The molecule has 1 amide bonds. The topological polar surface area (TPSA) is 92.5 Å². The summed E-state index contributed by atoms with van der Waals surface area (Å²) >= 11 is 0. The van der Waals surface area contributed by atoms with Crippen molar-refractivity contribution in [2.75, 3.05) is 10.8 Å². The SMILES string of the molecule is CC1Cc2ccccc2N1S(=O)(=O)c1cccc(C(=O)NCC(N)C2CC2)c1.Cl. The second-order valence-corrected chi connectivity index (χ2v) is 9.54. The van der Waals surface area contributed by atoms with E-state index in [0.717, 1.165) is 18.4 Å². The number of nitrogens with two attached hydrogens (primary N) is 1. The average molecular weight is 436 g/mol. The molecule has 6 nitrogen and oxygen atoms in total. The highest BCUT2D eigenvalue weighted by Gasteiger charge is 2.36. The molecule has 1 aliphatic carbocycles. The van der Waals surface area contributed by atoms with Crippen molar-refractivity contribution in [2.24, 2.45) is 11.7 Å². The summed E-state index contributed by atoms with van der Waals surface area (Å²) in [5.41, 5.74) is 8.08. The molecule has 3 N–H and O–H groups in total. The number of para-hydroxylation sites is 1. The molecule has 1 fully saturated rings. The van der Waals surface area contributed by atoms with Crippen molar-refractivity contribution in [3.63, 3.8) is 0 Å². The molecule has 8 heteroatoms. The molecule has 1 saturated carbocycles. The first-order valence-corrected chi connectivity index (χ1v) is 11.1. The fourth-order valence-corrected chi connectivity index (χ4v) is 5.56. The number of carbonyl (C=O) groups is 1. The summed E-state index contributed by atoms with van der Waals surface area (Å²) in [5, 5.41) is 2.82. The van der Waals surface area contributed by atoms with Crippen LogP contribution in [0.4, 0.5) is 5.69 Å². The minimum atomic E-state index is -3.76. The minimum absolute atomic E-state index is 0. The first-order chi connectivity index (χ1) is 13.4. The number of nitrogens with zero attached hydrogens (tertiary/aromatic N) is 1. The van der Waals surface area contributed by atoms with Crippen molar-refractivity contribution in [1.29, 1.82) is 0 Å². The van der Waals surface area contributed by atoms with E-state index in [1.807, 2.05) is 31.2 Å². The predicted octanol–water partition coefficient (Wildman–Crippen LogP) is 2.72. The number of fused-ring (bicyclic) bond motifs is 1. The van der Waals surface area contributed by atoms with Gasteiger partial charge in [0, 0.05) is 24.2 Å². The van der Waals surface area contributed by atoms with Gasteiger partial charge in [-0.25, -0.2) is 8.42 Å². The lowest BCUT2D eigenvalue weighted by molar-refractivity contribution is 0.0950. The van der Waals surface area contributed by atoms with Gasteiger partial charge in [0.05, 0.1) is 10.6 Å². The first-order valence-electron chi connectivity index (χ1n) is 9.64. The number of carbonyl (C=O) groups excluding carboxylic acids is 1. The smallest absolute Gasteiger partial charge is 0.264 e. The highest BCUT2D eigenvalue weighted by atomic mass is 35.5. The number of benzene rings is 2. The lowest BCUT2D eigenvalue weighted by atomic mass is 10.1. The molecule has 0 saturated heterocycles. The van der Waals surface area contributed by atoms with E-state index in [-0.39, 0.29) is 35.3 Å². The van der Waals surface area contributed by atoms with Gasteiger partial charge in [0.25, 0.3) is 15.9 Å². The Morgan fingerprint density at radius 2 is 1.93 bits per heavy atom. The number of anilines is 1. The van der Waals surface area contributed by atoms with E-state index < -0.39 is 10.0 Å². The summed E-state index contributed by atoms with van der Waals surface area (Å²) in [7, 11) is -3.76. The van der Waals surface area contributed by atoms with Gasteiger partial charge in [-0.15, -0.1) is 12.4 Å². The van der Waals surface area contributed by atoms with Crippen molar-refractivity contribution >= 4 is 34.0 Å². The summed E-state index contributed by atoms with van der Waals surface area (Å²) < 4.78 is 28.1. The van der Waals surface area contributed by atoms with Crippen molar-refractivity contribution < 1.29 is 13.2 Å². The summed E-state index contributed by atoms with van der Waals surface area (Å²) in [4.78, 5) is 12.6. The molecular formula is C21H26ClN3O3S. The van der Waals surface area contributed by atoms with Crippen LogP contribution in [0.25, 0.3) is 0 Å². The van der Waals surface area contributed by atoms with Gasteiger partial charge in [-0.3, -0.25) is 9.10 Å². The zero-order chi connectivity index (χ0) is 19.9. The van der Waals surface area contributed by atoms with Crippen molar-refractivity contribution in [1.82, 2.24) is 5.32 Å². The van der Waals surface area contributed by atoms with Gasteiger partial charge >= 0.3 is 0 Å². The Kier molecular flexibility index (Phi) is 6.22. The second-order valence-electron chi connectivity index (χ2n) is 7.72. The molecule has 29 heavy (non-hydrogen) atoms. The van der Waals surface area contributed by atoms with Gasteiger partial charge in [0.15, 0.2) is 0 Å². The molecule has 1 heterocycles. The molecule has 0 aromatic heterocycles. The van der Waals surface area contributed by atoms with Crippen LogP contribution < -0.4 is 15.4 Å². The summed E-state index contributed by atoms with van der Waals surface area (Å²) in [6.07, 6.45) is 2.90. The number of hydrogen-bond acceptors (Lipinski definition) is 4. The number of rotatable bonds is 6. The maximum Gasteiger partial charge on any atom is 0.264 e. The van der Waals surface area contributed by atoms with Crippen LogP contribution in [-0.4, -0.2) is 33.0 Å². The fourth-order valence-electron chi connectivity index (χ4n) is 3.82. The van der Waals surface area contributed by atoms with Crippen molar-refractivity contribution in [2.45, 2.75) is 43.2 Å². The summed E-state index contributed by atoms with van der Waals surface area (Å²) in [5.74, 6) is 0.187. The molecule has 0 radical (unpaired) electrons. The van der Waals surface area contributed by atoms with Gasteiger partial charge in [-0.05, 0) is 61.9 Å². The third kappa shape index (κ3) is 4.27. The third-order valence-corrected chi connectivity index (χ3v) is 7.45. The molecule has 1 aliphatic heterocycles. The monoisotopic (exact) mass is 435 g/mol. The van der Waals surface area contributed by atoms with Gasteiger partial charge < -0.3 is 11.1 Å². The Labute approximate surface area is 177 Å². The van der Waals surface area contributed by atoms with Crippen LogP contribution in [0.3, 0.4) is 0 Å². The maximum atomic E-state index is 13.3. The van der Waals surface area contributed by atoms with E-state index in [9.17, 15) is 13.2 Å². The highest BCUT2D eigenvalue weighted by molar-refractivity contribution is 7.92. The van der Waals surface area contributed by atoms with Crippen molar-refractivity contribution in [3.8, 4) is 0 Å². The second kappa shape index (κ2) is 8.34. The highest BCUT2D eigenvalue weighted by Crippen LogP contribution is 2.36. The molecule has 2 aromatic carbocycles. The van der Waals surface area contributed by atoms with E-state index in [2.05, 4.69) is 5.32 Å². The molecule has 2 unspecified atom stereocenters. The van der Waals surface area contributed by atoms with Gasteiger partial charge in [0.1, 0.15) is 0 Å². The summed E-state index contributed by atoms with van der Waals surface area (Å²) in [6.45, 7) is 2.30. The van der Waals surface area contributed by atoms with Gasteiger partial charge in [-0.1, -0.05) is 24.3 Å². The van der Waals surface area contributed by atoms with Crippen LogP contribution >= 0.6 is 12.4 Å². The predicted molar refractivity (Wildman–Crippen MR) is 116 cm³/mol.